The summed E-state index contributed by atoms with van der Waals surface area (Å²) in [5, 5.41) is 14.6. The van der Waals surface area contributed by atoms with Crippen molar-refractivity contribution < 1.29 is 56.8 Å². The van der Waals surface area contributed by atoms with E-state index < -0.39 is 0 Å². The number of nitrogens with zero attached hydrogens (tertiary/aromatic N) is 5. The van der Waals surface area contributed by atoms with Gasteiger partial charge >= 0.3 is 0 Å². The quantitative estimate of drug-likeness (QED) is 0.225. The Labute approximate surface area is 490 Å². The number of hydrogen-bond donors (Lipinski definition) is 0. The number of epoxide rings is 1. The van der Waals surface area contributed by atoms with E-state index in [2.05, 4.69) is 39.3 Å². The van der Waals surface area contributed by atoms with Gasteiger partial charge in [0.05, 0.1) is 92.0 Å². The molecule has 0 radical (unpaired) electrons. The Bertz CT molecular complexity index is 748. The smallest absolute Gasteiger partial charge is 0.170 e. The zero-order valence-electron chi connectivity index (χ0n) is 58.7. The van der Waals surface area contributed by atoms with Crippen molar-refractivity contribution in [3.63, 3.8) is 0 Å². The lowest BCUT2D eigenvalue weighted by molar-refractivity contribution is -0.0963. The second kappa shape index (κ2) is 136. The Kier molecular flexibility index (Phi) is 188. The van der Waals surface area contributed by atoms with Crippen molar-refractivity contribution >= 4 is 0 Å². The van der Waals surface area contributed by atoms with Crippen molar-refractivity contribution in [1.29, 1.82) is 0 Å². The number of aromatic nitrogens is 4. The maximum absolute atomic E-state index is 5.10. The first kappa shape index (κ1) is 108. The van der Waals surface area contributed by atoms with E-state index in [-0.39, 0.29) is 6.29 Å². The molecule has 17 nitrogen and oxygen atoms in total. The van der Waals surface area contributed by atoms with Crippen LogP contribution in [0.2, 0.25) is 0 Å². The van der Waals surface area contributed by atoms with Crippen LogP contribution >= 0.6 is 0 Å². The number of rotatable bonds is 0. The van der Waals surface area contributed by atoms with Crippen molar-refractivity contribution in [3.8, 4) is 0 Å². The number of likely N-dealkylation sites (N-methyl/N-ethyl adjacent to an activating group) is 1. The molecule has 0 N–H and O–H groups in total. The molecule has 0 bridgehead atoms. The minimum absolute atomic E-state index is 0.0463. The molecule has 8 aliphatic heterocycles. The molecule has 488 valence electrons. The van der Waals surface area contributed by atoms with Crippen LogP contribution < -0.4 is 0 Å². The Hall–Kier alpha value is -1.58. The summed E-state index contributed by atoms with van der Waals surface area (Å²) >= 11 is 0. The summed E-state index contributed by atoms with van der Waals surface area (Å²) in [5.74, 6) is 1.21. The fraction of sp³-hybridized carbons (Fsp3) is 0.967. The van der Waals surface area contributed by atoms with Gasteiger partial charge in [0, 0.05) is 39.5 Å². The molecule has 78 heavy (non-hydrogen) atoms. The van der Waals surface area contributed by atoms with Gasteiger partial charge in [-0.1, -0.05) is 180 Å². The average Bonchev–Trinajstić information content (AvgIpc) is 3.85. The zero-order valence-corrected chi connectivity index (χ0v) is 58.7. The molecule has 0 amide bonds. The van der Waals surface area contributed by atoms with Crippen LogP contribution in [0.15, 0.2) is 0 Å². The standard InChI is InChI=1S/C5H11NO.C5H10O.C4H6N4.3C4H8O2.C3H6O2.2C3H6O.13C2H6/c1-6-2-4-7-5-3-6;1-2-4-6-5-3-1;1-3-5-7-4(2)8-6-3;1-4-5-2-3-6-4;1-2-6-4-3-5-1;1-2-5-4-6-3-1;1-2-5-3-4-1;1-3-2-4-3;1-2-4-3-1;13*1-2/h2-5H2,1H3;1-5H2;1-2H3;4H,2-3H2,1H3;2*1-4H2;1-3H2;3H,2H2,1H3;1-3H2;13*1-2H3. The molecule has 9 rings (SSSR count). The Morgan fingerprint density at radius 2 is 0.513 bits per heavy atom. The van der Waals surface area contributed by atoms with Gasteiger partial charge in [-0.3, -0.25) is 0 Å². The van der Waals surface area contributed by atoms with Gasteiger partial charge in [-0.05, 0) is 66.8 Å². The highest BCUT2D eigenvalue weighted by Gasteiger charge is 2.13. The second-order valence-electron chi connectivity index (χ2n) is 11.9. The minimum atomic E-state index is 0.0463. The number of morpholine rings is 1. The summed E-state index contributed by atoms with van der Waals surface area (Å²) in [5.41, 5.74) is 0. The highest BCUT2D eigenvalue weighted by atomic mass is 16.7. The van der Waals surface area contributed by atoms with Gasteiger partial charge in [-0.15, -0.1) is 20.4 Å². The molecule has 0 saturated carbocycles. The summed E-state index contributed by atoms with van der Waals surface area (Å²) in [6.45, 7) is 77.4. The molecule has 1 atom stereocenters. The molecule has 8 fully saturated rings. The normalized spacial score (nSPS) is 16.5. The minimum Gasteiger partial charge on any atom is -0.381 e. The van der Waals surface area contributed by atoms with Gasteiger partial charge in [0.1, 0.15) is 13.6 Å². The molecule has 0 spiro atoms. The second-order valence-corrected chi connectivity index (χ2v) is 11.9. The molecule has 0 aromatic carbocycles. The first-order valence-corrected chi connectivity index (χ1v) is 31.7. The van der Waals surface area contributed by atoms with Crippen LogP contribution in [0, 0.1) is 13.8 Å². The third-order valence-electron chi connectivity index (χ3n) is 6.88. The van der Waals surface area contributed by atoms with Crippen LogP contribution in [-0.2, 0) is 56.8 Å². The van der Waals surface area contributed by atoms with Crippen molar-refractivity contribution in [3.05, 3.63) is 11.6 Å². The van der Waals surface area contributed by atoms with Crippen LogP contribution in [0.3, 0.4) is 0 Å². The van der Waals surface area contributed by atoms with Gasteiger partial charge in [-0.2, -0.15) is 0 Å². The number of aryl methyl sites for hydroxylation is 2. The summed E-state index contributed by atoms with van der Waals surface area (Å²) in [4.78, 5) is 2.27. The fourth-order valence-electron chi connectivity index (χ4n) is 3.56. The molecular formula is C61H147N5O12. The molecule has 8 aliphatic rings. The van der Waals surface area contributed by atoms with Crippen molar-refractivity contribution in [1.82, 2.24) is 25.3 Å². The third kappa shape index (κ3) is 141. The predicted molar refractivity (Wildman–Crippen MR) is 340 cm³/mol. The molecule has 9 heterocycles. The van der Waals surface area contributed by atoms with E-state index in [9.17, 15) is 0 Å². The molecule has 1 aromatic rings. The van der Waals surface area contributed by atoms with Crippen LogP contribution in [-0.4, -0.2) is 184 Å². The van der Waals surface area contributed by atoms with E-state index >= 15 is 0 Å². The maximum Gasteiger partial charge on any atom is 0.170 e. The highest BCUT2D eigenvalue weighted by molar-refractivity contribution is 4.73. The van der Waals surface area contributed by atoms with Crippen LogP contribution in [0.4, 0.5) is 0 Å². The van der Waals surface area contributed by atoms with E-state index in [1.54, 1.807) is 13.8 Å². The van der Waals surface area contributed by atoms with E-state index in [0.717, 1.165) is 132 Å². The Morgan fingerprint density at radius 1 is 0.295 bits per heavy atom. The molecule has 1 unspecified atom stereocenters. The lowest BCUT2D eigenvalue weighted by atomic mass is 10.2. The van der Waals surface area contributed by atoms with Gasteiger partial charge < -0.3 is 61.7 Å². The van der Waals surface area contributed by atoms with E-state index in [4.69, 9.17) is 56.8 Å². The summed E-state index contributed by atoms with van der Waals surface area (Å²) in [6, 6.07) is 0. The van der Waals surface area contributed by atoms with Gasteiger partial charge in [0.25, 0.3) is 0 Å². The van der Waals surface area contributed by atoms with Crippen LogP contribution in [0.5, 0.6) is 0 Å². The van der Waals surface area contributed by atoms with E-state index in [0.29, 0.717) is 31.3 Å². The number of ether oxygens (including phenoxy) is 12. The topological polar surface area (TPSA) is 169 Å². The monoisotopic (exact) mass is 1140 g/mol. The first-order chi connectivity index (χ1) is 38.5. The maximum atomic E-state index is 5.10. The van der Waals surface area contributed by atoms with Crippen LogP contribution in [0.25, 0.3) is 0 Å². The zero-order chi connectivity index (χ0) is 63.6. The third-order valence-corrected chi connectivity index (χ3v) is 6.88. The summed E-state index contributed by atoms with van der Waals surface area (Å²) < 4.78 is 58.5. The Balaban J connectivity index is -0.0000000528. The Morgan fingerprint density at radius 3 is 0.628 bits per heavy atom. The molecule has 17 heteroatoms. The summed E-state index contributed by atoms with van der Waals surface area (Å²) in [6.07, 6.45) is 6.89. The van der Waals surface area contributed by atoms with E-state index in [1.165, 1.54) is 25.7 Å². The largest absolute Gasteiger partial charge is 0.381 e. The lowest BCUT2D eigenvalue weighted by Gasteiger charge is -2.21. The highest BCUT2D eigenvalue weighted by Crippen LogP contribution is 2.04. The fourth-order valence-corrected chi connectivity index (χ4v) is 3.56. The molecule has 8 saturated heterocycles. The van der Waals surface area contributed by atoms with Gasteiger partial charge in [-0.25, -0.2) is 0 Å². The molecule has 1 aromatic heterocycles. The lowest BCUT2D eigenvalue weighted by Crippen LogP contribution is -2.32. The molecular weight excluding hydrogens is 995 g/mol. The van der Waals surface area contributed by atoms with Gasteiger partial charge in [0.15, 0.2) is 17.9 Å². The van der Waals surface area contributed by atoms with Crippen molar-refractivity contribution in [2.45, 2.75) is 252 Å². The van der Waals surface area contributed by atoms with Crippen LogP contribution in [0.1, 0.15) is 238 Å². The van der Waals surface area contributed by atoms with Crippen molar-refractivity contribution in [2.24, 2.45) is 0 Å². The summed E-state index contributed by atoms with van der Waals surface area (Å²) in [7, 11) is 2.11. The average molecular weight is 1140 g/mol. The number of hydrogen-bond acceptors (Lipinski definition) is 17. The van der Waals surface area contributed by atoms with E-state index in [1.807, 2.05) is 187 Å². The van der Waals surface area contributed by atoms with Gasteiger partial charge in [0.2, 0.25) is 0 Å². The molecule has 0 aliphatic carbocycles. The SMILES string of the molecule is C1CCOCC1.C1COC1.C1COCCO1.C1COCO1.C1COCOC1.CC.CC.CC.CC.CC.CC.CC.CC.CC.CC.CC.CC.CC.CC1CO1.CC1OCCO1.CN1CCOCC1.Cc1nnc(C)nn1. The predicted octanol–water partition coefficient (Wildman–Crippen LogP) is 16.0. The van der Waals surface area contributed by atoms with Crippen molar-refractivity contribution in [2.75, 3.05) is 146 Å². The first-order valence-electron chi connectivity index (χ1n) is 31.7.